The molecule has 0 amide bonds. The summed E-state index contributed by atoms with van der Waals surface area (Å²) in [5.74, 6) is 0. The highest BCUT2D eigenvalue weighted by atomic mass is 32.2. The van der Waals surface area contributed by atoms with Gasteiger partial charge in [-0.25, -0.2) is 23.4 Å². The predicted octanol–water partition coefficient (Wildman–Crippen LogP) is 0.165. The molecule has 13 heavy (non-hydrogen) atoms. The molecule has 0 aliphatic carbocycles. The Hall–Kier alpha value is -1.25. The summed E-state index contributed by atoms with van der Waals surface area (Å²) in [6.07, 6.45) is 1.34. The summed E-state index contributed by atoms with van der Waals surface area (Å²) in [5.41, 5.74) is -5.38. The van der Waals surface area contributed by atoms with Gasteiger partial charge in [0.1, 0.15) is 12.7 Å². The summed E-state index contributed by atoms with van der Waals surface area (Å²) in [6, 6.07) is 0. The van der Waals surface area contributed by atoms with Crippen molar-refractivity contribution in [3.63, 3.8) is 0 Å². The molecule has 0 unspecified atom stereocenters. The summed E-state index contributed by atoms with van der Waals surface area (Å²) in [4.78, 5) is 8.96. The zero-order valence-corrected chi connectivity index (χ0v) is 6.67. The SMILES string of the molecule is O=S(=O)(c1ncncn1)C(F)(F)F. The zero-order valence-electron chi connectivity index (χ0n) is 5.85. The molecule has 0 N–H and O–H groups in total. The van der Waals surface area contributed by atoms with E-state index >= 15 is 0 Å². The van der Waals surface area contributed by atoms with Crippen molar-refractivity contribution in [1.29, 1.82) is 0 Å². The first-order valence-corrected chi connectivity index (χ1v) is 4.27. The van der Waals surface area contributed by atoms with E-state index in [0.717, 1.165) is 0 Å². The Labute approximate surface area is 70.6 Å². The van der Waals surface area contributed by atoms with Crippen LogP contribution in [-0.4, -0.2) is 28.9 Å². The lowest BCUT2D eigenvalue weighted by Crippen LogP contribution is -2.25. The number of rotatable bonds is 1. The van der Waals surface area contributed by atoms with E-state index in [0.29, 0.717) is 12.7 Å². The van der Waals surface area contributed by atoms with E-state index < -0.39 is 20.5 Å². The molecule has 1 heterocycles. The Morgan fingerprint density at radius 3 is 2.00 bits per heavy atom. The van der Waals surface area contributed by atoms with E-state index in [-0.39, 0.29) is 0 Å². The average molecular weight is 213 g/mol. The Kier molecular flexibility index (Phi) is 2.20. The maximum absolute atomic E-state index is 11.8. The van der Waals surface area contributed by atoms with E-state index in [4.69, 9.17) is 0 Å². The van der Waals surface area contributed by atoms with Gasteiger partial charge in [-0.2, -0.15) is 13.2 Å². The number of halogens is 3. The molecule has 0 saturated carbocycles. The fourth-order valence-electron chi connectivity index (χ4n) is 0.471. The van der Waals surface area contributed by atoms with E-state index in [1.165, 1.54) is 0 Å². The number of aromatic nitrogens is 3. The van der Waals surface area contributed by atoms with E-state index in [9.17, 15) is 21.6 Å². The quantitative estimate of drug-likeness (QED) is 0.664. The highest BCUT2D eigenvalue weighted by Crippen LogP contribution is 2.27. The Morgan fingerprint density at radius 2 is 1.62 bits per heavy atom. The second-order valence-corrected chi connectivity index (χ2v) is 3.70. The molecular formula is C4H2F3N3O2S. The van der Waals surface area contributed by atoms with Gasteiger partial charge in [-0.3, -0.25) is 0 Å². The number of sulfone groups is 1. The van der Waals surface area contributed by atoms with Crippen molar-refractivity contribution in [3.05, 3.63) is 12.7 Å². The zero-order chi connectivity index (χ0) is 10.1. The van der Waals surface area contributed by atoms with Crippen LogP contribution in [0.4, 0.5) is 13.2 Å². The van der Waals surface area contributed by atoms with Crippen LogP contribution in [0.25, 0.3) is 0 Å². The van der Waals surface area contributed by atoms with Gasteiger partial charge in [0.2, 0.25) is 0 Å². The molecule has 0 saturated heterocycles. The highest BCUT2D eigenvalue weighted by molar-refractivity contribution is 7.92. The first kappa shape index (κ1) is 9.84. The van der Waals surface area contributed by atoms with Crippen molar-refractivity contribution < 1.29 is 21.6 Å². The summed E-state index contributed by atoms with van der Waals surface area (Å²) >= 11 is 0. The molecule has 5 nitrogen and oxygen atoms in total. The lowest BCUT2D eigenvalue weighted by Gasteiger charge is -2.04. The van der Waals surface area contributed by atoms with Crippen LogP contribution in [0.2, 0.25) is 0 Å². The second-order valence-electron chi connectivity index (χ2n) is 1.87. The minimum absolute atomic E-state index is 0.672. The van der Waals surface area contributed by atoms with Gasteiger partial charge in [0.25, 0.3) is 5.16 Å². The van der Waals surface area contributed by atoms with E-state index in [1.54, 1.807) is 0 Å². The molecule has 1 rings (SSSR count). The fraction of sp³-hybridized carbons (Fsp3) is 0.250. The van der Waals surface area contributed by atoms with Gasteiger partial charge >= 0.3 is 15.3 Å². The number of nitrogens with zero attached hydrogens (tertiary/aromatic N) is 3. The van der Waals surface area contributed by atoms with E-state index in [1.807, 2.05) is 0 Å². The largest absolute Gasteiger partial charge is 0.505 e. The molecule has 0 atom stereocenters. The van der Waals surface area contributed by atoms with Gasteiger partial charge < -0.3 is 0 Å². The third kappa shape index (κ3) is 1.74. The molecule has 72 valence electrons. The third-order valence-corrected chi connectivity index (χ3v) is 2.32. The molecule has 9 heteroatoms. The molecule has 1 aromatic rings. The van der Waals surface area contributed by atoms with Crippen LogP contribution in [-0.2, 0) is 9.84 Å². The molecule has 0 spiro atoms. The summed E-state index contributed by atoms with van der Waals surface area (Å²) < 4.78 is 56.6. The summed E-state index contributed by atoms with van der Waals surface area (Å²) in [6.45, 7) is 0. The van der Waals surface area contributed by atoms with Crippen LogP contribution < -0.4 is 0 Å². The monoisotopic (exact) mass is 213 g/mol. The molecule has 0 aromatic carbocycles. The highest BCUT2D eigenvalue weighted by Gasteiger charge is 2.49. The first-order chi connectivity index (χ1) is 5.86. The van der Waals surface area contributed by atoms with Gasteiger partial charge in [-0.15, -0.1) is 0 Å². The minimum atomic E-state index is -5.44. The molecule has 0 aliphatic rings. The summed E-state index contributed by atoms with van der Waals surface area (Å²) in [5, 5.41) is -1.30. The van der Waals surface area contributed by atoms with Gasteiger partial charge in [0, 0.05) is 0 Å². The van der Waals surface area contributed by atoms with Crippen molar-refractivity contribution in [2.75, 3.05) is 0 Å². The maximum Gasteiger partial charge on any atom is 0.505 e. The normalized spacial score (nSPS) is 12.8. The Morgan fingerprint density at radius 1 is 1.15 bits per heavy atom. The van der Waals surface area contributed by atoms with Crippen molar-refractivity contribution in [3.8, 4) is 0 Å². The lowest BCUT2D eigenvalue weighted by molar-refractivity contribution is -0.0440. The van der Waals surface area contributed by atoms with Crippen LogP contribution >= 0.6 is 0 Å². The van der Waals surface area contributed by atoms with Crippen LogP contribution in [0.15, 0.2) is 17.8 Å². The van der Waals surface area contributed by atoms with Gasteiger partial charge in [-0.1, -0.05) is 0 Å². The Bertz CT molecular complexity index is 387. The predicted molar refractivity (Wildman–Crippen MR) is 33.1 cm³/mol. The van der Waals surface area contributed by atoms with Crippen LogP contribution in [0.5, 0.6) is 0 Å². The minimum Gasteiger partial charge on any atom is -0.225 e. The molecule has 0 aliphatic heterocycles. The van der Waals surface area contributed by atoms with Crippen molar-refractivity contribution >= 4 is 9.84 Å². The second kappa shape index (κ2) is 2.91. The van der Waals surface area contributed by atoms with Crippen molar-refractivity contribution in [2.24, 2.45) is 0 Å². The van der Waals surface area contributed by atoms with E-state index in [2.05, 4.69) is 15.0 Å². The topological polar surface area (TPSA) is 72.8 Å². The number of hydrogen-bond donors (Lipinski definition) is 0. The number of alkyl halides is 3. The standard InChI is InChI=1S/C4H2F3N3O2S/c5-4(6,7)13(11,12)3-9-1-8-2-10-3/h1-2H. The van der Waals surface area contributed by atoms with Crippen molar-refractivity contribution in [2.45, 2.75) is 10.7 Å². The van der Waals surface area contributed by atoms with Crippen molar-refractivity contribution in [1.82, 2.24) is 15.0 Å². The average Bonchev–Trinajstić information content (AvgIpc) is 2.04. The molecule has 0 fully saturated rings. The first-order valence-electron chi connectivity index (χ1n) is 2.79. The lowest BCUT2D eigenvalue weighted by atomic mass is 11.1. The third-order valence-electron chi connectivity index (χ3n) is 1.01. The van der Waals surface area contributed by atoms with Gasteiger partial charge in [-0.05, 0) is 0 Å². The fourth-order valence-corrected chi connectivity index (χ4v) is 1.05. The smallest absolute Gasteiger partial charge is 0.225 e. The van der Waals surface area contributed by atoms with Crippen LogP contribution in [0.1, 0.15) is 0 Å². The number of hydrogen-bond acceptors (Lipinski definition) is 5. The molecule has 0 radical (unpaired) electrons. The van der Waals surface area contributed by atoms with Crippen LogP contribution in [0.3, 0.4) is 0 Å². The molecular weight excluding hydrogens is 211 g/mol. The van der Waals surface area contributed by atoms with Gasteiger partial charge in [0.15, 0.2) is 0 Å². The summed E-state index contributed by atoms with van der Waals surface area (Å²) in [7, 11) is -5.44. The Balaban J connectivity index is 3.26. The van der Waals surface area contributed by atoms with Gasteiger partial charge in [0.05, 0.1) is 0 Å². The molecule has 0 bridgehead atoms. The maximum atomic E-state index is 11.8. The van der Waals surface area contributed by atoms with Crippen LogP contribution in [0, 0.1) is 0 Å². The molecule has 1 aromatic heterocycles.